The van der Waals surface area contributed by atoms with Crippen molar-refractivity contribution >= 4 is 34.9 Å². The highest BCUT2D eigenvalue weighted by atomic mass is 32.2. The zero-order valence-electron chi connectivity index (χ0n) is 21.4. The van der Waals surface area contributed by atoms with Crippen molar-refractivity contribution in [1.29, 1.82) is 0 Å². The Bertz CT molecular complexity index is 1240. The molecular weight excluding hydrogens is 502 g/mol. The van der Waals surface area contributed by atoms with Crippen LogP contribution in [0, 0.1) is 5.92 Å². The van der Waals surface area contributed by atoms with Gasteiger partial charge in [0.2, 0.25) is 5.91 Å². The number of nitrogens with zero attached hydrogens (tertiary/aromatic N) is 3. The van der Waals surface area contributed by atoms with Crippen molar-refractivity contribution in [3.8, 4) is 5.75 Å². The summed E-state index contributed by atoms with van der Waals surface area (Å²) in [5.41, 5.74) is 3.97. The van der Waals surface area contributed by atoms with Crippen LogP contribution in [0.5, 0.6) is 5.75 Å². The molecule has 0 aliphatic carbocycles. The van der Waals surface area contributed by atoms with Crippen molar-refractivity contribution in [3.63, 3.8) is 0 Å². The fourth-order valence-corrected chi connectivity index (χ4v) is 6.54. The Labute approximate surface area is 227 Å². The first-order valence-electron chi connectivity index (χ1n) is 12.9. The van der Waals surface area contributed by atoms with E-state index in [1.165, 1.54) is 16.9 Å². The van der Waals surface area contributed by atoms with Gasteiger partial charge in [-0.15, -0.1) is 11.3 Å². The molecule has 1 aromatic heterocycles. The van der Waals surface area contributed by atoms with E-state index in [9.17, 15) is 9.59 Å². The number of amides is 2. The second-order valence-corrected chi connectivity index (χ2v) is 12.1. The van der Waals surface area contributed by atoms with Gasteiger partial charge in [0.1, 0.15) is 23.1 Å². The Kier molecular flexibility index (Phi) is 8.15. The molecule has 3 aromatic rings. The molecule has 0 N–H and O–H groups in total. The van der Waals surface area contributed by atoms with E-state index in [4.69, 9.17) is 4.74 Å². The largest absolute Gasteiger partial charge is 0.486 e. The molecule has 0 spiro atoms. The van der Waals surface area contributed by atoms with Crippen molar-refractivity contribution in [1.82, 2.24) is 14.8 Å². The zero-order valence-corrected chi connectivity index (χ0v) is 23.0. The van der Waals surface area contributed by atoms with Crippen molar-refractivity contribution < 1.29 is 14.3 Å². The summed E-state index contributed by atoms with van der Waals surface area (Å²) in [6, 6.07) is 16.3. The standard InChI is InChI=1S/C29H33N3O3S2/c1-20(2)16-27(33)32-11-10-21-8-9-23(17-24(21)28(32)22-6-4-3-5-7-22)35-18-26-30-25(19-37-26)29(34)31-12-14-36-15-13-31/h3-9,17,19-20,28H,10-16,18H2,1-2H3/t28-/m1/s1. The minimum atomic E-state index is -0.133. The van der Waals surface area contributed by atoms with Gasteiger partial charge in [-0.3, -0.25) is 9.59 Å². The summed E-state index contributed by atoms with van der Waals surface area (Å²) < 4.78 is 6.16. The number of carbonyl (C=O) groups excluding carboxylic acids is 2. The van der Waals surface area contributed by atoms with Crippen LogP contribution >= 0.6 is 23.1 Å². The predicted octanol–water partition coefficient (Wildman–Crippen LogP) is 5.43. The maximum atomic E-state index is 13.2. The average Bonchev–Trinajstić information content (AvgIpc) is 3.40. The molecule has 2 aliphatic heterocycles. The molecule has 3 heterocycles. The Morgan fingerprint density at radius 3 is 2.62 bits per heavy atom. The maximum Gasteiger partial charge on any atom is 0.273 e. The Morgan fingerprint density at radius 2 is 1.86 bits per heavy atom. The van der Waals surface area contributed by atoms with Crippen molar-refractivity contribution in [2.24, 2.45) is 5.92 Å². The van der Waals surface area contributed by atoms with Crippen LogP contribution in [0.2, 0.25) is 0 Å². The number of hydrogen-bond donors (Lipinski definition) is 0. The van der Waals surface area contributed by atoms with Gasteiger partial charge in [0.05, 0.1) is 6.04 Å². The number of thiazole rings is 1. The minimum Gasteiger partial charge on any atom is -0.486 e. The molecule has 1 fully saturated rings. The van der Waals surface area contributed by atoms with Crippen LogP contribution < -0.4 is 4.74 Å². The Morgan fingerprint density at radius 1 is 1.08 bits per heavy atom. The van der Waals surface area contributed by atoms with Gasteiger partial charge in [-0.25, -0.2) is 4.98 Å². The number of carbonyl (C=O) groups is 2. The summed E-state index contributed by atoms with van der Waals surface area (Å²) >= 11 is 3.34. The fraction of sp³-hybridized carbons (Fsp3) is 0.414. The lowest BCUT2D eigenvalue weighted by atomic mass is 9.87. The van der Waals surface area contributed by atoms with Gasteiger partial charge in [-0.05, 0) is 41.2 Å². The first kappa shape index (κ1) is 25.8. The molecule has 2 aliphatic rings. The highest BCUT2D eigenvalue weighted by Crippen LogP contribution is 2.38. The topological polar surface area (TPSA) is 62.7 Å². The van der Waals surface area contributed by atoms with E-state index in [2.05, 4.69) is 43.1 Å². The lowest BCUT2D eigenvalue weighted by Crippen LogP contribution is -2.41. The first-order chi connectivity index (χ1) is 18.0. The normalized spacial score (nSPS) is 17.5. The predicted molar refractivity (Wildman–Crippen MR) is 149 cm³/mol. The molecule has 6 nitrogen and oxygen atoms in total. The summed E-state index contributed by atoms with van der Waals surface area (Å²) in [5.74, 6) is 3.21. The third-order valence-corrected chi connectivity index (χ3v) is 8.56. The number of thioether (sulfide) groups is 1. The van der Waals surface area contributed by atoms with E-state index >= 15 is 0 Å². The van der Waals surface area contributed by atoms with Crippen molar-refractivity contribution in [2.45, 2.75) is 39.3 Å². The molecule has 1 saturated heterocycles. The van der Waals surface area contributed by atoms with E-state index in [-0.39, 0.29) is 17.9 Å². The van der Waals surface area contributed by atoms with Crippen LogP contribution in [0.4, 0.5) is 0 Å². The van der Waals surface area contributed by atoms with Gasteiger partial charge in [0.15, 0.2) is 0 Å². The van der Waals surface area contributed by atoms with Gasteiger partial charge in [0.25, 0.3) is 5.91 Å². The summed E-state index contributed by atoms with van der Waals surface area (Å²) in [7, 11) is 0. The molecule has 0 radical (unpaired) electrons. The lowest BCUT2D eigenvalue weighted by Gasteiger charge is -2.38. The average molecular weight is 536 g/mol. The van der Waals surface area contributed by atoms with Gasteiger partial charge in [0, 0.05) is 42.9 Å². The monoisotopic (exact) mass is 535 g/mol. The highest BCUT2D eigenvalue weighted by Gasteiger charge is 2.32. The van der Waals surface area contributed by atoms with Gasteiger partial charge >= 0.3 is 0 Å². The second-order valence-electron chi connectivity index (χ2n) is 9.93. The maximum absolute atomic E-state index is 13.2. The van der Waals surface area contributed by atoms with E-state index < -0.39 is 0 Å². The minimum absolute atomic E-state index is 0.00781. The zero-order chi connectivity index (χ0) is 25.8. The molecule has 5 rings (SSSR count). The third-order valence-electron chi connectivity index (χ3n) is 6.80. The molecule has 0 bridgehead atoms. The number of benzene rings is 2. The summed E-state index contributed by atoms with van der Waals surface area (Å²) in [5, 5.41) is 2.61. The Balaban J connectivity index is 1.34. The summed E-state index contributed by atoms with van der Waals surface area (Å²) in [6.45, 7) is 6.75. The molecule has 37 heavy (non-hydrogen) atoms. The number of hydrogen-bond acceptors (Lipinski definition) is 6. The smallest absolute Gasteiger partial charge is 0.273 e. The summed E-state index contributed by atoms with van der Waals surface area (Å²) in [4.78, 5) is 34.5. The van der Waals surface area contributed by atoms with E-state index in [1.807, 2.05) is 51.2 Å². The quantitative estimate of drug-likeness (QED) is 0.404. The molecule has 2 amide bonds. The lowest BCUT2D eigenvalue weighted by molar-refractivity contribution is -0.134. The number of ether oxygens (including phenoxy) is 1. The summed E-state index contributed by atoms with van der Waals surface area (Å²) in [6.07, 6.45) is 1.37. The van der Waals surface area contributed by atoms with Crippen LogP contribution in [0.3, 0.4) is 0 Å². The SMILES string of the molecule is CC(C)CC(=O)N1CCc2ccc(OCc3nc(C(=O)N4CCSCC4)cs3)cc2[C@H]1c1ccccc1. The van der Waals surface area contributed by atoms with Crippen molar-refractivity contribution in [3.05, 3.63) is 81.3 Å². The van der Waals surface area contributed by atoms with Crippen LogP contribution in [0.1, 0.15) is 58.5 Å². The van der Waals surface area contributed by atoms with Crippen LogP contribution in [0.25, 0.3) is 0 Å². The van der Waals surface area contributed by atoms with Gasteiger partial charge in [-0.2, -0.15) is 11.8 Å². The molecule has 0 saturated carbocycles. The van der Waals surface area contributed by atoms with E-state index in [0.717, 1.165) is 52.9 Å². The molecular formula is C29H33N3O3S2. The van der Waals surface area contributed by atoms with Gasteiger partial charge in [-0.1, -0.05) is 50.2 Å². The Hall–Kier alpha value is -2.84. The second kappa shape index (κ2) is 11.7. The first-order valence-corrected chi connectivity index (χ1v) is 14.9. The molecule has 0 unspecified atom stereocenters. The van der Waals surface area contributed by atoms with E-state index in [1.54, 1.807) is 0 Å². The number of rotatable bonds is 7. The number of fused-ring (bicyclic) bond motifs is 1. The molecule has 1 atom stereocenters. The highest BCUT2D eigenvalue weighted by molar-refractivity contribution is 7.99. The molecule has 8 heteroatoms. The van der Waals surface area contributed by atoms with Crippen LogP contribution in [-0.4, -0.2) is 57.7 Å². The van der Waals surface area contributed by atoms with Crippen molar-refractivity contribution in [2.75, 3.05) is 31.1 Å². The van der Waals surface area contributed by atoms with Crippen LogP contribution in [-0.2, 0) is 17.8 Å². The number of aromatic nitrogens is 1. The van der Waals surface area contributed by atoms with E-state index in [0.29, 0.717) is 31.2 Å². The fourth-order valence-electron chi connectivity index (χ4n) is 4.96. The van der Waals surface area contributed by atoms with Gasteiger partial charge < -0.3 is 14.5 Å². The molecule has 194 valence electrons. The third kappa shape index (κ3) is 6.02. The molecule has 2 aromatic carbocycles. The van der Waals surface area contributed by atoms with Crippen LogP contribution in [0.15, 0.2) is 53.9 Å².